The van der Waals surface area contributed by atoms with Gasteiger partial charge in [-0.15, -0.1) is 10.2 Å². The number of hydrogen-bond acceptors (Lipinski definition) is 5. The van der Waals surface area contributed by atoms with Gasteiger partial charge in [0.2, 0.25) is 0 Å². The van der Waals surface area contributed by atoms with E-state index in [2.05, 4.69) is 15.3 Å². The Hall–Kier alpha value is -3.12. The first-order valence-electron chi connectivity index (χ1n) is 7.99. The van der Waals surface area contributed by atoms with Crippen LogP contribution in [0.1, 0.15) is 23.0 Å². The van der Waals surface area contributed by atoms with Gasteiger partial charge in [0.05, 0.1) is 17.4 Å². The van der Waals surface area contributed by atoms with Gasteiger partial charge in [0.15, 0.2) is 0 Å². The Labute approximate surface area is 154 Å². The van der Waals surface area contributed by atoms with E-state index in [1.54, 1.807) is 17.0 Å². The quantitative estimate of drug-likeness (QED) is 0.515. The molecule has 3 aromatic heterocycles. The van der Waals surface area contributed by atoms with Gasteiger partial charge in [0.25, 0.3) is 11.8 Å². The molecule has 0 atom stereocenters. The van der Waals surface area contributed by atoms with Crippen LogP contribution in [0.5, 0.6) is 0 Å². The van der Waals surface area contributed by atoms with Crippen LogP contribution in [0.15, 0.2) is 57.6 Å². The van der Waals surface area contributed by atoms with E-state index >= 15 is 0 Å². The highest BCUT2D eigenvalue weighted by Gasteiger charge is 2.16. The van der Waals surface area contributed by atoms with Crippen molar-refractivity contribution < 1.29 is 8.83 Å². The zero-order chi connectivity index (χ0) is 18.1. The largest absolute Gasteiger partial charge is 0.466 e. The molecule has 0 saturated carbocycles. The van der Waals surface area contributed by atoms with Crippen LogP contribution in [0.25, 0.3) is 28.2 Å². The number of hydrogen-bond donors (Lipinski definition) is 0. The summed E-state index contributed by atoms with van der Waals surface area (Å²) in [4.78, 5) is 0. The molecule has 130 valence electrons. The molecule has 0 aliphatic heterocycles. The number of aromatic nitrogens is 4. The molecular formula is C19H15ClN4O2. The van der Waals surface area contributed by atoms with Crippen LogP contribution in [0.3, 0.4) is 0 Å². The maximum Gasteiger partial charge on any atom is 0.259 e. The Morgan fingerprint density at radius 1 is 1.12 bits per heavy atom. The summed E-state index contributed by atoms with van der Waals surface area (Å²) in [6.07, 6.45) is 5.33. The van der Waals surface area contributed by atoms with Crippen molar-refractivity contribution in [3.05, 3.63) is 71.8 Å². The lowest BCUT2D eigenvalue weighted by Crippen LogP contribution is -1.92. The molecule has 0 aliphatic rings. The van der Waals surface area contributed by atoms with E-state index in [-0.39, 0.29) is 5.89 Å². The Bertz CT molecular complexity index is 1080. The third kappa shape index (κ3) is 3.19. The van der Waals surface area contributed by atoms with Crippen molar-refractivity contribution in [3.63, 3.8) is 0 Å². The molecular weight excluding hydrogens is 352 g/mol. The second-order valence-corrected chi connectivity index (χ2v) is 6.19. The van der Waals surface area contributed by atoms with Gasteiger partial charge in [0.1, 0.15) is 16.6 Å². The first-order chi connectivity index (χ1) is 12.6. The van der Waals surface area contributed by atoms with Crippen molar-refractivity contribution >= 4 is 22.7 Å². The van der Waals surface area contributed by atoms with Crippen LogP contribution in [0, 0.1) is 13.8 Å². The molecule has 0 spiro atoms. The van der Waals surface area contributed by atoms with Crippen molar-refractivity contribution in [2.24, 2.45) is 0 Å². The number of halogens is 1. The van der Waals surface area contributed by atoms with Crippen LogP contribution in [-0.4, -0.2) is 20.0 Å². The van der Waals surface area contributed by atoms with E-state index in [1.807, 2.05) is 56.4 Å². The lowest BCUT2D eigenvalue weighted by molar-refractivity contribution is 0.502. The van der Waals surface area contributed by atoms with Crippen LogP contribution in [0.2, 0.25) is 0 Å². The van der Waals surface area contributed by atoms with Gasteiger partial charge in [-0.3, -0.25) is 0 Å². The van der Waals surface area contributed by atoms with Crippen LogP contribution in [-0.2, 0) is 0 Å². The molecule has 0 bridgehead atoms. The van der Waals surface area contributed by atoms with E-state index in [4.69, 9.17) is 20.4 Å². The number of nitrogens with zero attached hydrogens (tertiary/aromatic N) is 4. The van der Waals surface area contributed by atoms with Crippen molar-refractivity contribution in [2.75, 3.05) is 0 Å². The monoisotopic (exact) mass is 366 g/mol. The van der Waals surface area contributed by atoms with Crippen LogP contribution in [0.4, 0.5) is 0 Å². The molecule has 0 radical (unpaired) electrons. The normalized spacial score (nSPS) is 11.9. The minimum absolute atomic E-state index is 0.243. The summed E-state index contributed by atoms with van der Waals surface area (Å²) in [7, 11) is 0. The Kier molecular flexibility index (Phi) is 4.18. The van der Waals surface area contributed by atoms with Gasteiger partial charge in [-0.2, -0.15) is 5.10 Å². The fourth-order valence-electron chi connectivity index (χ4n) is 2.61. The lowest BCUT2D eigenvalue weighted by Gasteiger charge is -1.98. The minimum atomic E-state index is 0.243. The van der Waals surface area contributed by atoms with Crippen LogP contribution < -0.4 is 0 Å². The molecule has 0 N–H and O–H groups in total. The summed E-state index contributed by atoms with van der Waals surface area (Å²) < 4.78 is 12.9. The second-order valence-electron chi connectivity index (χ2n) is 5.79. The molecule has 1 aromatic carbocycles. The maximum atomic E-state index is 6.35. The summed E-state index contributed by atoms with van der Waals surface area (Å²) in [6, 6.07) is 11.7. The fraction of sp³-hybridized carbons (Fsp3) is 0.105. The lowest BCUT2D eigenvalue weighted by atomic mass is 10.2. The summed E-state index contributed by atoms with van der Waals surface area (Å²) in [6.45, 7) is 3.71. The molecule has 4 rings (SSSR count). The predicted molar refractivity (Wildman–Crippen MR) is 98.8 cm³/mol. The zero-order valence-corrected chi connectivity index (χ0v) is 14.9. The standard InChI is InChI=1S/C19H15ClN4O2/c1-12-8-16(13(2)25-12)18-22-23-19(26-18)17(20)9-14-10-21-24(11-14)15-6-4-3-5-7-15/h3-11H,1-2H3/b17-9-. The van der Waals surface area contributed by atoms with E-state index < -0.39 is 0 Å². The summed E-state index contributed by atoms with van der Waals surface area (Å²) >= 11 is 6.35. The molecule has 3 heterocycles. The summed E-state index contributed by atoms with van der Waals surface area (Å²) in [5, 5.41) is 12.7. The minimum Gasteiger partial charge on any atom is -0.466 e. The number of para-hydroxylation sites is 1. The van der Waals surface area contributed by atoms with Crippen molar-refractivity contribution in [1.29, 1.82) is 0 Å². The third-order valence-corrected chi connectivity index (χ3v) is 4.09. The third-order valence-electron chi connectivity index (χ3n) is 3.82. The molecule has 0 aliphatic carbocycles. The number of furan rings is 1. The van der Waals surface area contributed by atoms with Gasteiger partial charge in [0, 0.05) is 11.8 Å². The first-order valence-corrected chi connectivity index (χ1v) is 8.36. The van der Waals surface area contributed by atoms with Crippen molar-refractivity contribution in [1.82, 2.24) is 20.0 Å². The predicted octanol–water partition coefficient (Wildman–Crippen LogP) is 4.87. The van der Waals surface area contributed by atoms with Gasteiger partial charge in [-0.25, -0.2) is 4.68 Å². The maximum absolute atomic E-state index is 6.35. The molecule has 0 fully saturated rings. The summed E-state index contributed by atoms with van der Waals surface area (Å²) in [5.41, 5.74) is 2.56. The topological polar surface area (TPSA) is 69.9 Å². The van der Waals surface area contributed by atoms with Crippen LogP contribution >= 0.6 is 11.6 Å². The highest BCUT2D eigenvalue weighted by atomic mass is 35.5. The molecule has 26 heavy (non-hydrogen) atoms. The van der Waals surface area contributed by atoms with E-state index in [0.29, 0.717) is 10.9 Å². The number of rotatable bonds is 4. The highest BCUT2D eigenvalue weighted by molar-refractivity contribution is 6.50. The Morgan fingerprint density at radius 3 is 2.65 bits per heavy atom. The summed E-state index contributed by atoms with van der Waals surface area (Å²) in [5.74, 6) is 2.13. The van der Waals surface area contributed by atoms with E-state index in [0.717, 1.165) is 28.3 Å². The molecule has 0 amide bonds. The number of aryl methyl sites for hydroxylation is 2. The van der Waals surface area contributed by atoms with E-state index in [1.165, 1.54) is 0 Å². The smallest absolute Gasteiger partial charge is 0.259 e. The van der Waals surface area contributed by atoms with E-state index in [9.17, 15) is 0 Å². The average Bonchev–Trinajstić information content (AvgIpc) is 3.35. The average molecular weight is 367 g/mol. The van der Waals surface area contributed by atoms with Gasteiger partial charge in [-0.1, -0.05) is 29.8 Å². The SMILES string of the molecule is Cc1cc(-c2nnc(/C(Cl)=C/c3cnn(-c4ccccc4)c3)o2)c(C)o1. The molecule has 7 heteroatoms. The zero-order valence-electron chi connectivity index (χ0n) is 14.2. The van der Waals surface area contributed by atoms with Gasteiger partial charge in [-0.05, 0) is 38.1 Å². The van der Waals surface area contributed by atoms with Gasteiger partial charge >= 0.3 is 0 Å². The molecule has 0 saturated heterocycles. The second kappa shape index (κ2) is 6.65. The van der Waals surface area contributed by atoms with Crippen molar-refractivity contribution in [2.45, 2.75) is 13.8 Å². The highest BCUT2D eigenvalue weighted by Crippen LogP contribution is 2.28. The molecule has 0 unspecified atom stereocenters. The van der Waals surface area contributed by atoms with Gasteiger partial charge < -0.3 is 8.83 Å². The number of benzene rings is 1. The Balaban J connectivity index is 1.59. The van der Waals surface area contributed by atoms with Crippen molar-refractivity contribution in [3.8, 4) is 17.1 Å². The Morgan fingerprint density at radius 2 is 1.92 bits per heavy atom. The fourth-order valence-corrected chi connectivity index (χ4v) is 2.82. The molecule has 6 nitrogen and oxygen atoms in total. The first kappa shape index (κ1) is 16.4. The molecule has 4 aromatic rings.